The van der Waals surface area contributed by atoms with Crippen molar-refractivity contribution in [1.29, 1.82) is 0 Å². The molecule has 3 aromatic rings. The molecule has 35 heavy (non-hydrogen) atoms. The minimum atomic E-state index is -0.951. The number of nitrogens with one attached hydrogen (secondary N) is 1. The zero-order valence-corrected chi connectivity index (χ0v) is 19.0. The Kier molecular flexibility index (Phi) is 6.18. The number of fused-ring (bicyclic) bond motifs is 3. The lowest BCUT2D eigenvalue weighted by atomic mass is 9.98. The van der Waals surface area contributed by atoms with Gasteiger partial charge in [0.1, 0.15) is 6.61 Å². The van der Waals surface area contributed by atoms with Gasteiger partial charge >= 0.3 is 12.1 Å². The summed E-state index contributed by atoms with van der Waals surface area (Å²) in [6.45, 7) is 0.605. The van der Waals surface area contributed by atoms with E-state index in [1.54, 1.807) is 12.1 Å². The number of likely N-dealkylation sites (tertiary alicyclic amines) is 1. The number of aliphatic carboxylic acids is 1. The molecular formula is C27H25N3O5. The number of carboxylic acid groups (broad SMARTS) is 1. The van der Waals surface area contributed by atoms with Gasteiger partial charge in [-0.3, -0.25) is 14.9 Å². The first-order valence-corrected chi connectivity index (χ1v) is 11.6. The van der Waals surface area contributed by atoms with Gasteiger partial charge < -0.3 is 14.7 Å². The van der Waals surface area contributed by atoms with Crippen LogP contribution in [0.4, 0.5) is 10.5 Å². The topological polar surface area (TPSA) is 109 Å². The second-order valence-electron chi connectivity index (χ2n) is 8.74. The third-order valence-electron chi connectivity index (χ3n) is 6.64. The van der Waals surface area contributed by atoms with Gasteiger partial charge in [0, 0.05) is 24.7 Å². The first-order chi connectivity index (χ1) is 17.0. The highest BCUT2D eigenvalue weighted by atomic mass is 16.5. The van der Waals surface area contributed by atoms with Crippen LogP contribution < -0.4 is 5.32 Å². The maximum Gasteiger partial charge on any atom is 0.411 e. The molecule has 1 saturated heterocycles. The molecule has 178 valence electrons. The zero-order valence-electron chi connectivity index (χ0n) is 19.0. The van der Waals surface area contributed by atoms with Gasteiger partial charge in [0.15, 0.2) is 5.69 Å². The van der Waals surface area contributed by atoms with Crippen molar-refractivity contribution < 1.29 is 24.2 Å². The number of nitrogens with zero attached hydrogens (tertiary/aromatic N) is 2. The molecule has 5 rings (SSSR count). The number of amides is 2. The molecule has 0 saturated carbocycles. The largest absolute Gasteiger partial charge is 0.481 e. The maximum atomic E-state index is 13.2. The van der Waals surface area contributed by atoms with E-state index < -0.39 is 18.0 Å². The van der Waals surface area contributed by atoms with Crippen molar-refractivity contribution >= 4 is 23.7 Å². The van der Waals surface area contributed by atoms with Crippen LogP contribution in [0.1, 0.15) is 46.8 Å². The molecule has 1 aromatic heterocycles. The molecule has 2 aliphatic rings. The second-order valence-corrected chi connectivity index (χ2v) is 8.74. The van der Waals surface area contributed by atoms with Crippen LogP contribution in [0.15, 0.2) is 66.9 Å². The highest BCUT2D eigenvalue weighted by Gasteiger charge is 2.33. The molecular weight excluding hydrogens is 446 g/mol. The summed E-state index contributed by atoms with van der Waals surface area (Å²) in [5.74, 6) is -1.43. The Labute approximate surface area is 202 Å². The third kappa shape index (κ3) is 4.47. The summed E-state index contributed by atoms with van der Waals surface area (Å²) >= 11 is 0. The van der Waals surface area contributed by atoms with Gasteiger partial charge in [-0.1, -0.05) is 48.5 Å². The Morgan fingerprint density at radius 1 is 1.00 bits per heavy atom. The summed E-state index contributed by atoms with van der Waals surface area (Å²) in [6, 6.07) is 19.0. The van der Waals surface area contributed by atoms with Crippen molar-refractivity contribution in [1.82, 2.24) is 9.88 Å². The molecule has 0 unspecified atom stereocenters. The Balaban J connectivity index is 1.29. The van der Waals surface area contributed by atoms with Gasteiger partial charge in [-0.25, -0.2) is 9.78 Å². The highest BCUT2D eigenvalue weighted by molar-refractivity contribution is 6.01. The van der Waals surface area contributed by atoms with Crippen molar-refractivity contribution in [2.45, 2.75) is 31.2 Å². The Bertz CT molecular complexity index is 1250. The van der Waals surface area contributed by atoms with Crippen molar-refractivity contribution in [3.63, 3.8) is 0 Å². The Hall–Kier alpha value is -4.20. The fourth-order valence-electron chi connectivity index (χ4n) is 5.07. The molecule has 1 fully saturated rings. The predicted octanol–water partition coefficient (Wildman–Crippen LogP) is 4.52. The van der Waals surface area contributed by atoms with Crippen LogP contribution in [0.5, 0.6) is 0 Å². The first-order valence-electron chi connectivity index (χ1n) is 11.6. The summed E-state index contributed by atoms with van der Waals surface area (Å²) in [4.78, 5) is 42.8. The molecule has 2 N–H and O–H groups in total. The van der Waals surface area contributed by atoms with Crippen LogP contribution in [0.2, 0.25) is 0 Å². The number of rotatable bonds is 6. The number of anilines is 1. The number of ether oxygens (including phenoxy) is 1. The smallest absolute Gasteiger partial charge is 0.411 e. The molecule has 8 nitrogen and oxygen atoms in total. The van der Waals surface area contributed by atoms with E-state index in [0.717, 1.165) is 28.7 Å². The van der Waals surface area contributed by atoms with Gasteiger partial charge in [-0.2, -0.15) is 0 Å². The number of carbonyl (C=O) groups excluding carboxylic acids is 2. The van der Waals surface area contributed by atoms with Gasteiger partial charge in [-0.05, 0) is 47.2 Å². The molecule has 0 radical (unpaired) electrons. The van der Waals surface area contributed by atoms with E-state index in [0.29, 0.717) is 13.0 Å². The summed E-state index contributed by atoms with van der Waals surface area (Å²) in [5, 5.41) is 11.8. The molecule has 2 aromatic carbocycles. The van der Waals surface area contributed by atoms with Gasteiger partial charge in [0.2, 0.25) is 0 Å². The molecule has 2 heterocycles. The van der Waals surface area contributed by atoms with Gasteiger partial charge in [0.25, 0.3) is 5.91 Å². The van der Waals surface area contributed by atoms with Crippen LogP contribution in [0.25, 0.3) is 11.1 Å². The molecule has 1 atom stereocenters. The van der Waals surface area contributed by atoms with Crippen LogP contribution in [-0.2, 0) is 9.53 Å². The van der Waals surface area contributed by atoms with Crippen LogP contribution in [0.3, 0.4) is 0 Å². The lowest BCUT2D eigenvalue weighted by Gasteiger charge is -2.24. The predicted molar refractivity (Wildman–Crippen MR) is 129 cm³/mol. The van der Waals surface area contributed by atoms with Crippen molar-refractivity contribution in [3.05, 3.63) is 83.7 Å². The number of pyridine rings is 1. The zero-order chi connectivity index (χ0) is 24.4. The number of carboxylic acids is 1. The van der Waals surface area contributed by atoms with E-state index in [9.17, 15) is 14.4 Å². The molecule has 1 aliphatic carbocycles. The summed E-state index contributed by atoms with van der Waals surface area (Å²) < 4.78 is 5.60. The maximum absolute atomic E-state index is 13.2. The monoisotopic (exact) mass is 471 g/mol. The van der Waals surface area contributed by atoms with E-state index in [4.69, 9.17) is 9.84 Å². The second kappa shape index (κ2) is 9.58. The summed E-state index contributed by atoms with van der Waals surface area (Å²) in [6.07, 6.45) is 2.02. The van der Waals surface area contributed by atoms with Crippen molar-refractivity contribution in [2.75, 3.05) is 18.5 Å². The average Bonchev–Trinajstić information content (AvgIpc) is 3.44. The number of carbonyl (C=O) groups is 3. The van der Waals surface area contributed by atoms with Crippen molar-refractivity contribution in [2.24, 2.45) is 0 Å². The summed E-state index contributed by atoms with van der Waals surface area (Å²) in [5.41, 5.74) is 4.79. The molecule has 1 aliphatic heterocycles. The molecule has 8 heteroatoms. The molecule has 0 bridgehead atoms. The van der Waals surface area contributed by atoms with E-state index in [2.05, 4.69) is 22.4 Å². The van der Waals surface area contributed by atoms with Crippen molar-refractivity contribution in [3.8, 4) is 11.1 Å². The van der Waals surface area contributed by atoms with Crippen LogP contribution >= 0.6 is 0 Å². The van der Waals surface area contributed by atoms with Crippen LogP contribution in [0, 0.1) is 0 Å². The first kappa shape index (κ1) is 22.6. The summed E-state index contributed by atoms with van der Waals surface area (Å²) in [7, 11) is 0. The highest BCUT2D eigenvalue weighted by Crippen LogP contribution is 2.44. The fraction of sp³-hybridized carbons (Fsp3) is 0.259. The normalized spacial score (nSPS) is 16.5. The number of hydrogen-bond donors (Lipinski definition) is 2. The van der Waals surface area contributed by atoms with E-state index >= 15 is 0 Å². The number of benzene rings is 2. The SMILES string of the molecule is O=C(O)C[C@H]1CCCN1C(=O)c1ncccc1NC(=O)OCC1c2ccccc2-c2ccccc21. The lowest BCUT2D eigenvalue weighted by molar-refractivity contribution is -0.137. The van der Waals surface area contributed by atoms with Gasteiger partial charge in [0.05, 0.1) is 12.1 Å². The van der Waals surface area contributed by atoms with Crippen LogP contribution in [-0.4, -0.2) is 52.2 Å². The Morgan fingerprint density at radius 2 is 1.69 bits per heavy atom. The number of aromatic nitrogens is 1. The average molecular weight is 472 g/mol. The lowest BCUT2D eigenvalue weighted by Crippen LogP contribution is -2.37. The quantitative estimate of drug-likeness (QED) is 0.547. The standard InChI is InChI=1S/C27H25N3O5/c31-24(32)15-17-7-6-14-30(17)26(33)25-23(12-5-13-28-25)29-27(34)35-16-22-20-10-3-1-8-18(20)19-9-2-4-11-21(19)22/h1-5,8-13,17,22H,6-7,14-16H2,(H,29,34)(H,31,32)/t17-/m1/s1. The fourth-order valence-corrected chi connectivity index (χ4v) is 5.07. The Morgan fingerprint density at radius 3 is 2.37 bits per heavy atom. The molecule has 2 amide bonds. The minimum absolute atomic E-state index is 0.0679. The molecule has 0 spiro atoms. The van der Waals surface area contributed by atoms with E-state index in [-0.39, 0.29) is 36.4 Å². The van der Waals surface area contributed by atoms with Gasteiger partial charge in [-0.15, -0.1) is 0 Å². The third-order valence-corrected chi connectivity index (χ3v) is 6.64. The number of hydrogen-bond acceptors (Lipinski definition) is 5. The minimum Gasteiger partial charge on any atom is -0.481 e. The van der Waals surface area contributed by atoms with E-state index in [1.807, 2.05) is 36.4 Å². The van der Waals surface area contributed by atoms with E-state index in [1.165, 1.54) is 11.1 Å².